The highest BCUT2D eigenvalue weighted by molar-refractivity contribution is 6.31. The molecule has 2 aliphatic rings. The average molecular weight is 318 g/mol. The molecule has 2 N–H and O–H groups in total. The third kappa shape index (κ3) is 3.25. The van der Waals surface area contributed by atoms with E-state index in [1.54, 1.807) is 0 Å². The highest BCUT2D eigenvalue weighted by Crippen LogP contribution is 2.33. The molecule has 1 aromatic carbocycles. The fraction of sp³-hybridized carbons (Fsp3) is 0.190. The molecule has 1 aliphatic carbocycles. The zero-order valence-corrected chi connectivity index (χ0v) is 14.0. The smallest absolute Gasteiger partial charge is 0.256 e. The summed E-state index contributed by atoms with van der Waals surface area (Å²) >= 11 is 0. The number of amides is 1. The van der Waals surface area contributed by atoms with Crippen LogP contribution in [-0.2, 0) is 4.79 Å². The van der Waals surface area contributed by atoms with Crippen molar-refractivity contribution in [3.63, 3.8) is 0 Å². The lowest BCUT2D eigenvalue weighted by Gasteiger charge is -2.17. The molecule has 0 unspecified atom stereocenters. The summed E-state index contributed by atoms with van der Waals surface area (Å²) in [6.45, 7) is 10.2. The van der Waals surface area contributed by atoms with Gasteiger partial charge in [-0.2, -0.15) is 0 Å². The first-order valence-corrected chi connectivity index (χ1v) is 8.25. The molecule has 0 saturated heterocycles. The van der Waals surface area contributed by atoms with E-state index in [-0.39, 0.29) is 5.91 Å². The van der Waals surface area contributed by atoms with Gasteiger partial charge in [-0.3, -0.25) is 4.79 Å². The molecule has 0 spiro atoms. The van der Waals surface area contributed by atoms with Crippen molar-refractivity contribution in [3.05, 3.63) is 83.8 Å². The monoisotopic (exact) mass is 318 g/mol. The van der Waals surface area contributed by atoms with E-state index in [0.29, 0.717) is 5.57 Å². The molecule has 0 atom stereocenters. The van der Waals surface area contributed by atoms with Crippen LogP contribution in [0.4, 0.5) is 5.69 Å². The van der Waals surface area contributed by atoms with Crippen LogP contribution in [0.2, 0.25) is 0 Å². The minimum Gasteiger partial charge on any atom is -0.360 e. The zero-order chi connectivity index (χ0) is 17.1. The molecule has 3 rings (SSSR count). The molecule has 1 aliphatic heterocycles. The molecule has 1 aromatic rings. The summed E-state index contributed by atoms with van der Waals surface area (Å²) in [7, 11) is 0. The number of nitrogens with one attached hydrogen (secondary N) is 2. The van der Waals surface area contributed by atoms with Crippen LogP contribution in [0.25, 0.3) is 5.57 Å². The Balaban J connectivity index is 1.84. The SMILES string of the molecule is C=C(CC)NC1=CCCC(C(=C)/C=C2/C(=O)Nc3ccccc32)=C1. The van der Waals surface area contributed by atoms with Crippen molar-refractivity contribution in [1.82, 2.24) is 5.32 Å². The molecule has 0 aromatic heterocycles. The van der Waals surface area contributed by atoms with Gasteiger partial charge in [0.05, 0.1) is 0 Å². The Kier molecular flexibility index (Phi) is 4.52. The molecule has 24 heavy (non-hydrogen) atoms. The van der Waals surface area contributed by atoms with Crippen molar-refractivity contribution in [3.8, 4) is 0 Å². The third-order valence-corrected chi connectivity index (χ3v) is 4.30. The van der Waals surface area contributed by atoms with Gasteiger partial charge in [-0.05, 0) is 48.6 Å². The van der Waals surface area contributed by atoms with Crippen molar-refractivity contribution in [1.29, 1.82) is 0 Å². The summed E-state index contributed by atoms with van der Waals surface area (Å²) in [5.41, 5.74) is 6.55. The molecule has 122 valence electrons. The van der Waals surface area contributed by atoms with Crippen LogP contribution in [0, 0.1) is 0 Å². The first kappa shape index (κ1) is 16.1. The Hall–Kier alpha value is -2.81. The summed E-state index contributed by atoms with van der Waals surface area (Å²) in [5, 5.41) is 6.22. The molecule has 1 heterocycles. The van der Waals surface area contributed by atoms with Gasteiger partial charge in [-0.1, -0.05) is 44.4 Å². The Morgan fingerprint density at radius 1 is 1.33 bits per heavy atom. The van der Waals surface area contributed by atoms with E-state index in [2.05, 4.69) is 42.9 Å². The highest BCUT2D eigenvalue weighted by Gasteiger charge is 2.23. The maximum absolute atomic E-state index is 12.2. The molecule has 0 fully saturated rings. The van der Waals surface area contributed by atoms with Gasteiger partial charge in [0.2, 0.25) is 0 Å². The zero-order valence-electron chi connectivity index (χ0n) is 14.0. The van der Waals surface area contributed by atoms with Gasteiger partial charge in [0.1, 0.15) is 0 Å². The molecule has 3 nitrogen and oxygen atoms in total. The first-order valence-electron chi connectivity index (χ1n) is 8.25. The number of para-hydroxylation sites is 1. The second-order valence-corrected chi connectivity index (χ2v) is 6.03. The predicted molar refractivity (Wildman–Crippen MR) is 100 cm³/mol. The van der Waals surface area contributed by atoms with Crippen molar-refractivity contribution in [2.45, 2.75) is 26.2 Å². The van der Waals surface area contributed by atoms with Gasteiger partial charge in [0, 0.05) is 28.2 Å². The van der Waals surface area contributed by atoms with E-state index in [0.717, 1.165) is 53.1 Å². The van der Waals surface area contributed by atoms with Gasteiger partial charge < -0.3 is 10.6 Å². The molecular weight excluding hydrogens is 296 g/mol. The maximum Gasteiger partial charge on any atom is 0.256 e. The fourth-order valence-electron chi connectivity index (χ4n) is 2.88. The van der Waals surface area contributed by atoms with Crippen LogP contribution in [0.15, 0.2) is 78.2 Å². The van der Waals surface area contributed by atoms with Crippen molar-refractivity contribution >= 4 is 17.2 Å². The van der Waals surface area contributed by atoms with Crippen LogP contribution in [0.5, 0.6) is 0 Å². The minimum atomic E-state index is -0.0676. The first-order chi connectivity index (χ1) is 11.6. The van der Waals surface area contributed by atoms with E-state index in [9.17, 15) is 4.79 Å². The number of fused-ring (bicyclic) bond motifs is 1. The largest absolute Gasteiger partial charge is 0.360 e. The standard InChI is InChI=1S/C21H22N2O/c1-4-15(3)22-17-9-7-8-16(13-17)14(2)12-19-18-10-5-6-11-20(18)23-21(19)24/h5-6,9-13,22H,2-4,7-8H2,1H3,(H,23,24)/b19-12+. The number of hydrogen-bond donors (Lipinski definition) is 2. The molecule has 0 bridgehead atoms. The number of carbonyl (C=O) groups is 1. The summed E-state index contributed by atoms with van der Waals surface area (Å²) in [6, 6.07) is 7.73. The normalized spacial score (nSPS) is 17.7. The van der Waals surface area contributed by atoms with E-state index >= 15 is 0 Å². The predicted octanol–water partition coefficient (Wildman–Crippen LogP) is 4.70. The van der Waals surface area contributed by atoms with Crippen molar-refractivity contribution in [2.75, 3.05) is 5.32 Å². The second kappa shape index (κ2) is 6.75. The number of anilines is 1. The van der Waals surface area contributed by atoms with Gasteiger partial charge in [0.15, 0.2) is 0 Å². The van der Waals surface area contributed by atoms with Gasteiger partial charge in [0.25, 0.3) is 5.91 Å². The summed E-state index contributed by atoms with van der Waals surface area (Å²) in [4.78, 5) is 12.2. The Morgan fingerprint density at radius 3 is 2.92 bits per heavy atom. The molecule has 0 radical (unpaired) electrons. The van der Waals surface area contributed by atoms with Gasteiger partial charge in [-0.25, -0.2) is 0 Å². The minimum absolute atomic E-state index is 0.0676. The molecule has 1 amide bonds. The topological polar surface area (TPSA) is 41.1 Å². The maximum atomic E-state index is 12.2. The Morgan fingerprint density at radius 2 is 2.12 bits per heavy atom. The number of benzene rings is 1. The Bertz CT molecular complexity index is 809. The quantitative estimate of drug-likeness (QED) is 0.773. The average Bonchev–Trinajstić information content (AvgIpc) is 2.90. The van der Waals surface area contributed by atoms with Gasteiger partial charge in [-0.15, -0.1) is 0 Å². The van der Waals surface area contributed by atoms with E-state index in [1.165, 1.54) is 0 Å². The van der Waals surface area contributed by atoms with E-state index in [4.69, 9.17) is 0 Å². The van der Waals surface area contributed by atoms with Crippen molar-refractivity contribution in [2.24, 2.45) is 0 Å². The third-order valence-electron chi connectivity index (χ3n) is 4.30. The lowest BCUT2D eigenvalue weighted by atomic mass is 9.94. The number of carbonyl (C=O) groups excluding carboxylic acids is 1. The molecule has 0 saturated carbocycles. The molecule has 3 heteroatoms. The Labute approximate surface area is 143 Å². The fourth-order valence-corrected chi connectivity index (χ4v) is 2.88. The summed E-state index contributed by atoms with van der Waals surface area (Å²) in [6.07, 6.45) is 8.93. The van der Waals surface area contributed by atoms with E-state index in [1.807, 2.05) is 30.3 Å². The number of rotatable bonds is 5. The second-order valence-electron chi connectivity index (χ2n) is 6.03. The summed E-state index contributed by atoms with van der Waals surface area (Å²) < 4.78 is 0. The lowest BCUT2D eigenvalue weighted by Crippen LogP contribution is -2.12. The number of allylic oxidation sites excluding steroid dienone is 6. The highest BCUT2D eigenvalue weighted by atomic mass is 16.2. The van der Waals surface area contributed by atoms with Crippen LogP contribution < -0.4 is 10.6 Å². The van der Waals surface area contributed by atoms with Gasteiger partial charge >= 0.3 is 0 Å². The summed E-state index contributed by atoms with van der Waals surface area (Å²) in [5.74, 6) is -0.0676. The van der Waals surface area contributed by atoms with Crippen LogP contribution in [0.1, 0.15) is 31.7 Å². The lowest BCUT2D eigenvalue weighted by molar-refractivity contribution is -0.110. The van der Waals surface area contributed by atoms with E-state index < -0.39 is 0 Å². The van der Waals surface area contributed by atoms with Crippen LogP contribution in [-0.4, -0.2) is 5.91 Å². The van der Waals surface area contributed by atoms with Crippen LogP contribution in [0.3, 0.4) is 0 Å². The number of hydrogen-bond acceptors (Lipinski definition) is 2. The molecular formula is C21H22N2O. The van der Waals surface area contributed by atoms with Crippen LogP contribution >= 0.6 is 0 Å². The van der Waals surface area contributed by atoms with Crippen molar-refractivity contribution < 1.29 is 4.79 Å².